The summed E-state index contributed by atoms with van der Waals surface area (Å²) in [6.07, 6.45) is 3.86. The van der Waals surface area contributed by atoms with Gasteiger partial charge in [0.2, 0.25) is 15.9 Å². The Kier molecular flexibility index (Phi) is 6.83. The van der Waals surface area contributed by atoms with Crippen LogP contribution in [0.1, 0.15) is 18.5 Å². The number of anilines is 2. The summed E-state index contributed by atoms with van der Waals surface area (Å²) in [6.45, 7) is 1.91. The topological polar surface area (TPSA) is 159 Å². The van der Waals surface area contributed by atoms with E-state index in [-0.39, 0.29) is 22.9 Å². The smallest absolute Gasteiger partial charge is 0.265 e. The Labute approximate surface area is 248 Å². The van der Waals surface area contributed by atoms with Crippen LogP contribution >= 0.6 is 22.9 Å². The van der Waals surface area contributed by atoms with Gasteiger partial charge in [0.15, 0.2) is 5.65 Å². The van der Waals surface area contributed by atoms with Crippen LogP contribution < -0.4 is 20.8 Å². The largest absolute Gasteiger partial charge is 0.480 e. The van der Waals surface area contributed by atoms with Crippen LogP contribution in [0.25, 0.3) is 38.2 Å². The molecule has 1 aromatic carbocycles. The van der Waals surface area contributed by atoms with Gasteiger partial charge < -0.3 is 10.5 Å². The maximum atomic E-state index is 13.9. The number of sulfonamides is 1. The lowest BCUT2D eigenvalue weighted by Crippen LogP contribution is -2.20. The zero-order valence-corrected chi connectivity index (χ0v) is 24.8. The van der Waals surface area contributed by atoms with Crippen LogP contribution in [0, 0.1) is 0 Å². The molecule has 0 aliphatic heterocycles. The van der Waals surface area contributed by atoms with Gasteiger partial charge in [0.05, 0.1) is 30.4 Å². The molecule has 0 unspecified atom stereocenters. The molecule has 0 saturated carbocycles. The van der Waals surface area contributed by atoms with Gasteiger partial charge in [-0.05, 0) is 30.2 Å². The Morgan fingerprint density at radius 1 is 1.12 bits per heavy atom. The van der Waals surface area contributed by atoms with E-state index in [9.17, 15) is 13.2 Å². The van der Waals surface area contributed by atoms with Gasteiger partial charge in [-0.1, -0.05) is 41.9 Å². The standard InChI is InChI=1S/C27H23ClN8O4S2/c1-14(17-10-20-35(19(28)12-41-20)27(37)21(17)15-7-5-4-6-8-15)36-25-22(24(29)31-13-32-25)23(33-36)16-9-18(34-42(3,38)39)26(40-2)30-11-16/h4-14,34H,1-3H3,(H2,29,31,32)/t14-/m0/s1. The highest BCUT2D eigenvalue weighted by molar-refractivity contribution is 7.92. The Balaban J connectivity index is 1.60. The molecule has 0 fully saturated rings. The second kappa shape index (κ2) is 10.4. The van der Waals surface area contributed by atoms with E-state index in [0.29, 0.717) is 43.4 Å². The second-order valence-electron chi connectivity index (χ2n) is 9.46. The molecular weight excluding hydrogens is 600 g/mol. The number of fused-ring (bicyclic) bond motifs is 2. The normalized spacial score (nSPS) is 12.6. The van der Waals surface area contributed by atoms with Crippen molar-refractivity contribution in [1.82, 2.24) is 29.1 Å². The first-order chi connectivity index (χ1) is 20.1. The second-order valence-corrected chi connectivity index (χ2v) is 12.5. The van der Waals surface area contributed by atoms with Crippen LogP contribution in [0.2, 0.25) is 5.15 Å². The number of nitrogens with two attached hydrogens (primary N) is 1. The molecule has 0 amide bonds. The zero-order chi connectivity index (χ0) is 29.8. The summed E-state index contributed by atoms with van der Waals surface area (Å²) in [4.78, 5) is 27.5. The van der Waals surface area contributed by atoms with Crippen molar-refractivity contribution in [3.05, 3.63) is 81.4 Å². The summed E-state index contributed by atoms with van der Waals surface area (Å²) in [5.74, 6) is 0.257. The van der Waals surface area contributed by atoms with Crippen molar-refractivity contribution < 1.29 is 13.2 Å². The van der Waals surface area contributed by atoms with Crippen LogP contribution in [-0.4, -0.2) is 50.9 Å². The molecule has 0 aliphatic rings. The molecule has 6 rings (SSSR count). The van der Waals surface area contributed by atoms with E-state index in [1.54, 1.807) is 16.1 Å². The van der Waals surface area contributed by atoms with E-state index in [2.05, 4.69) is 19.7 Å². The number of nitrogen functional groups attached to an aromatic ring is 1. The molecule has 214 valence electrons. The number of aromatic nitrogens is 6. The number of nitrogens with zero attached hydrogens (tertiary/aromatic N) is 6. The number of hydrogen-bond acceptors (Lipinski definition) is 10. The first-order valence-electron chi connectivity index (χ1n) is 12.5. The average molecular weight is 623 g/mol. The predicted molar refractivity (Wildman–Crippen MR) is 164 cm³/mol. The van der Waals surface area contributed by atoms with Crippen molar-refractivity contribution in [1.29, 1.82) is 0 Å². The van der Waals surface area contributed by atoms with Gasteiger partial charge in [-0.2, -0.15) is 5.10 Å². The van der Waals surface area contributed by atoms with Crippen LogP contribution in [-0.2, 0) is 10.0 Å². The molecule has 12 nitrogen and oxygen atoms in total. The summed E-state index contributed by atoms with van der Waals surface area (Å²) in [5, 5.41) is 7.37. The van der Waals surface area contributed by atoms with Crippen molar-refractivity contribution in [3.8, 4) is 28.3 Å². The quantitative estimate of drug-likeness (QED) is 0.262. The lowest BCUT2D eigenvalue weighted by molar-refractivity contribution is 0.400. The van der Waals surface area contributed by atoms with Crippen molar-refractivity contribution >= 4 is 60.3 Å². The van der Waals surface area contributed by atoms with E-state index in [4.69, 9.17) is 27.2 Å². The zero-order valence-electron chi connectivity index (χ0n) is 22.4. The van der Waals surface area contributed by atoms with Gasteiger partial charge in [0, 0.05) is 17.1 Å². The number of halogens is 1. The third kappa shape index (κ3) is 4.72. The molecule has 42 heavy (non-hydrogen) atoms. The van der Waals surface area contributed by atoms with Gasteiger partial charge in [-0.25, -0.2) is 28.1 Å². The Morgan fingerprint density at radius 3 is 2.60 bits per heavy atom. The minimum absolute atomic E-state index is 0.0846. The maximum Gasteiger partial charge on any atom is 0.265 e. The SMILES string of the molecule is COc1ncc(-c2nn([C@@H](C)c3cc4scc(Cl)n4c(=O)c3-c3ccccc3)c3ncnc(N)c23)cc1NS(C)(=O)=O. The molecule has 0 spiro atoms. The third-order valence-electron chi connectivity index (χ3n) is 6.71. The highest BCUT2D eigenvalue weighted by atomic mass is 35.5. The van der Waals surface area contributed by atoms with E-state index in [0.717, 1.165) is 11.8 Å². The van der Waals surface area contributed by atoms with E-state index in [1.165, 1.54) is 35.4 Å². The maximum absolute atomic E-state index is 13.9. The minimum Gasteiger partial charge on any atom is -0.480 e. The average Bonchev–Trinajstić information content (AvgIpc) is 3.54. The first kappa shape index (κ1) is 27.6. The van der Waals surface area contributed by atoms with Gasteiger partial charge in [0.1, 0.15) is 33.5 Å². The van der Waals surface area contributed by atoms with E-state index in [1.807, 2.05) is 43.3 Å². The van der Waals surface area contributed by atoms with Crippen LogP contribution in [0.5, 0.6) is 5.88 Å². The number of ether oxygens (including phenoxy) is 1. The molecule has 0 radical (unpaired) electrons. The Hall–Kier alpha value is -4.53. The lowest BCUT2D eigenvalue weighted by atomic mass is 9.97. The van der Waals surface area contributed by atoms with E-state index >= 15 is 0 Å². The fraction of sp³-hybridized carbons (Fsp3) is 0.148. The summed E-state index contributed by atoms with van der Waals surface area (Å²) in [7, 11) is -2.25. The highest BCUT2D eigenvalue weighted by Crippen LogP contribution is 2.37. The van der Waals surface area contributed by atoms with Crippen molar-refractivity contribution in [2.75, 3.05) is 23.8 Å². The van der Waals surface area contributed by atoms with Crippen LogP contribution in [0.4, 0.5) is 11.5 Å². The van der Waals surface area contributed by atoms with Gasteiger partial charge >= 0.3 is 0 Å². The molecule has 1 atom stereocenters. The molecule has 0 saturated heterocycles. The minimum atomic E-state index is -3.64. The number of thiazole rings is 1. The fourth-order valence-electron chi connectivity index (χ4n) is 4.90. The van der Waals surface area contributed by atoms with Crippen LogP contribution in [0.15, 0.2) is 65.2 Å². The summed E-state index contributed by atoms with van der Waals surface area (Å²) >= 11 is 7.75. The van der Waals surface area contributed by atoms with Gasteiger partial charge in [-0.3, -0.25) is 13.9 Å². The highest BCUT2D eigenvalue weighted by Gasteiger charge is 2.26. The Bertz CT molecular complexity index is 2160. The number of benzene rings is 1. The summed E-state index contributed by atoms with van der Waals surface area (Å²) in [6, 6.07) is 12.3. The van der Waals surface area contributed by atoms with Crippen molar-refractivity contribution in [2.45, 2.75) is 13.0 Å². The first-order valence-corrected chi connectivity index (χ1v) is 15.6. The molecule has 6 aromatic rings. The number of hydrogen-bond donors (Lipinski definition) is 2. The number of rotatable bonds is 7. The Morgan fingerprint density at radius 2 is 1.88 bits per heavy atom. The monoisotopic (exact) mass is 622 g/mol. The molecular formula is C27H23ClN8O4S2. The molecule has 5 heterocycles. The van der Waals surface area contributed by atoms with Gasteiger partial charge in [-0.15, -0.1) is 11.3 Å². The van der Waals surface area contributed by atoms with E-state index < -0.39 is 16.1 Å². The molecule has 0 aliphatic carbocycles. The predicted octanol–water partition coefficient (Wildman–Crippen LogP) is 4.45. The third-order valence-corrected chi connectivity index (χ3v) is 8.59. The number of pyridine rings is 2. The number of nitrogens with one attached hydrogen (secondary N) is 1. The number of methoxy groups -OCH3 is 1. The van der Waals surface area contributed by atoms with Crippen LogP contribution in [0.3, 0.4) is 0 Å². The molecule has 15 heteroatoms. The fourth-order valence-corrected chi connectivity index (χ4v) is 6.60. The lowest BCUT2D eigenvalue weighted by Gasteiger charge is -2.18. The van der Waals surface area contributed by atoms with Crippen molar-refractivity contribution in [2.24, 2.45) is 0 Å². The van der Waals surface area contributed by atoms with Gasteiger partial charge in [0.25, 0.3) is 5.56 Å². The molecule has 0 bridgehead atoms. The van der Waals surface area contributed by atoms with Crippen molar-refractivity contribution in [3.63, 3.8) is 0 Å². The molecule has 3 N–H and O–H groups in total. The molecule has 5 aromatic heterocycles. The summed E-state index contributed by atoms with van der Waals surface area (Å²) < 4.78 is 34.8. The summed E-state index contributed by atoms with van der Waals surface area (Å²) in [5.41, 5.74) is 9.34.